The van der Waals surface area contributed by atoms with E-state index in [1.807, 2.05) is 0 Å². The van der Waals surface area contributed by atoms with Gasteiger partial charge in [-0.05, 0) is 30.7 Å². The van der Waals surface area contributed by atoms with Crippen LogP contribution in [0.4, 0.5) is 40.9 Å². The lowest BCUT2D eigenvalue weighted by atomic mass is 10.1. The van der Waals surface area contributed by atoms with Crippen molar-refractivity contribution in [3.8, 4) is 6.07 Å². The normalized spacial score (nSPS) is 12.6. The van der Waals surface area contributed by atoms with Gasteiger partial charge in [-0.1, -0.05) is 0 Å². The summed E-state index contributed by atoms with van der Waals surface area (Å²) < 4.78 is 105. The lowest BCUT2D eigenvalue weighted by Gasteiger charge is -2.19. The number of nitrogens with one attached hydrogen (secondary N) is 1. The van der Waals surface area contributed by atoms with E-state index in [0.29, 0.717) is 12.6 Å². The number of amides is 1. The predicted octanol–water partition coefficient (Wildman–Crippen LogP) is 4.53. The molecule has 0 fully saturated rings. The zero-order valence-electron chi connectivity index (χ0n) is 14.5. The molecule has 0 aliphatic heterocycles. The number of halogens is 8. The van der Waals surface area contributed by atoms with Gasteiger partial charge < -0.3 is 5.32 Å². The van der Waals surface area contributed by atoms with Crippen molar-refractivity contribution in [2.45, 2.75) is 25.2 Å². The SMILES string of the molecule is Cc1cc(C(=O)Nc2c(C(F)(F)F)c(C(F)(F)C(F)(F)F)nn2C)ccc1C#N. The van der Waals surface area contributed by atoms with Crippen molar-refractivity contribution in [1.29, 1.82) is 5.26 Å². The summed E-state index contributed by atoms with van der Waals surface area (Å²) in [5.74, 6) is -8.53. The Morgan fingerprint density at radius 1 is 1.14 bits per heavy atom. The van der Waals surface area contributed by atoms with E-state index in [1.165, 1.54) is 13.0 Å². The Morgan fingerprint density at radius 3 is 2.17 bits per heavy atom. The molecule has 13 heteroatoms. The van der Waals surface area contributed by atoms with Crippen molar-refractivity contribution < 1.29 is 39.9 Å². The summed E-state index contributed by atoms with van der Waals surface area (Å²) in [5, 5.41) is 13.2. The molecule has 1 heterocycles. The third-order valence-corrected chi connectivity index (χ3v) is 3.83. The second kappa shape index (κ2) is 7.02. The van der Waals surface area contributed by atoms with Crippen LogP contribution in [0.1, 0.15) is 32.7 Å². The maximum absolute atomic E-state index is 13.6. The Balaban J connectivity index is 2.58. The van der Waals surface area contributed by atoms with Gasteiger partial charge in [0.1, 0.15) is 11.4 Å². The van der Waals surface area contributed by atoms with Gasteiger partial charge in [0.25, 0.3) is 5.91 Å². The zero-order valence-corrected chi connectivity index (χ0v) is 14.5. The first-order valence-corrected chi connectivity index (χ1v) is 7.52. The molecule has 0 saturated carbocycles. The monoisotopic (exact) mass is 426 g/mol. The van der Waals surface area contributed by atoms with E-state index < -0.39 is 41.3 Å². The topological polar surface area (TPSA) is 70.7 Å². The maximum atomic E-state index is 13.6. The Bertz CT molecular complexity index is 998. The number of rotatable bonds is 3. The molecule has 29 heavy (non-hydrogen) atoms. The van der Waals surface area contributed by atoms with Crippen LogP contribution < -0.4 is 5.32 Å². The van der Waals surface area contributed by atoms with Crippen LogP contribution in [-0.4, -0.2) is 21.9 Å². The molecule has 1 N–H and O–H groups in total. The molecule has 0 aliphatic carbocycles. The smallest absolute Gasteiger partial charge is 0.306 e. The average molecular weight is 426 g/mol. The molecule has 0 radical (unpaired) electrons. The molecule has 1 amide bonds. The number of nitriles is 1. The summed E-state index contributed by atoms with van der Waals surface area (Å²) in [7, 11) is 0.671. The second-order valence-electron chi connectivity index (χ2n) is 5.86. The largest absolute Gasteiger partial charge is 0.459 e. The fraction of sp³-hybridized carbons (Fsp3) is 0.312. The van der Waals surface area contributed by atoms with E-state index in [2.05, 4.69) is 5.10 Å². The summed E-state index contributed by atoms with van der Waals surface area (Å²) >= 11 is 0. The summed E-state index contributed by atoms with van der Waals surface area (Å²) in [5.41, 5.74) is -4.78. The molecule has 2 aromatic rings. The highest BCUT2D eigenvalue weighted by Gasteiger charge is 2.64. The Labute approximate surface area is 157 Å². The molecule has 0 atom stereocenters. The maximum Gasteiger partial charge on any atom is 0.459 e. The molecular formula is C16H10F8N4O. The minimum Gasteiger partial charge on any atom is -0.306 e. The molecule has 0 unspecified atom stereocenters. The first kappa shape index (κ1) is 22.1. The summed E-state index contributed by atoms with van der Waals surface area (Å²) in [6, 6.07) is 5.22. The number of benzene rings is 1. The van der Waals surface area contributed by atoms with Crippen molar-refractivity contribution in [2.75, 3.05) is 5.32 Å². The van der Waals surface area contributed by atoms with Crippen molar-refractivity contribution in [2.24, 2.45) is 7.05 Å². The highest BCUT2D eigenvalue weighted by Crippen LogP contribution is 2.49. The van der Waals surface area contributed by atoms with E-state index in [-0.39, 0.29) is 15.8 Å². The van der Waals surface area contributed by atoms with E-state index in [1.54, 1.807) is 11.4 Å². The highest BCUT2D eigenvalue weighted by molar-refractivity contribution is 6.04. The lowest BCUT2D eigenvalue weighted by Crippen LogP contribution is -2.36. The fourth-order valence-electron chi connectivity index (χ4n) is 2.40. The van der Waals surface area contributed by atoms with Crippen LogP contribution in [0, 0.1) is 18.3 Å². The third kappa shape index (κ3) is 4.01. The summed E-state index contributed by atoms with van der Waals surface area (Å²) in [6.45, 7) is 1.43. The van der Waals surface area contributed by atoms with Crippen molar-refractivity contribution in [1.82, 2.24) is 9.78 Å². The van der Waals surface area contributed by atoms with Gasteiger partial charge in [-0.25, -0.2) is 0 Å². The fourth-order valence-corrected chi connectivity index (χ4v) is 2.40. The molecule has 1 aromatic carbocycles. The zero-order chi connectivity index (χ0) is 22.4. The molecule has 0 bridgehead atoms. The van der Waals surface area contributed by atoms with Gasteiger partial charge in [-0.2, -0.15) is 45.5 Å². The van der Waals surface area contributed by atoms with Crippen LogP contribution in [0.5, 0.6) is 0 Å². The van der Waals surface area contributed by atoms with Crippen LogP contribution in [0.25, 0.3) is 0 Å². The number of alkyl halides is 8. The number of aromatic nitrogens is 2. The number of carbonyl (C=O) groups is 1. The molecule has 5 nitrogen and oxygen atoms in total. The number of anilines is 1. The first-order valence-electron chi connectivity index (χ1n) is 7.52. The predicted molar refractivity (Wildman–Crippen MR) is 82.0 cm³/mol. The van der Waals surface area contributed by atoms with Crippen molar-refractivity contribution in [3.63, 3.8) is 0 Å². The van der Waals surface area contributed by atoms with Gasteiger partial charge in [0.15, 0.2) is 5.69 Å². The molecule has 156 valence electrons. The van der Waals surface area contributed by atoms with E-state index in [0.717, 1.165) is 12.1 Å². The van der Waals surface area contributed by atoms with Crippen LogP contribution >= 0.6 is 0 Å². The molecule has 0 saturated heterocycles. The summed E-state index contributed by atoms with van der Waals surface area (Å²) in [6.07, 6.45) is -12.0. The summed E-state index contributed by atoms with van der Waals surface area (Å²) in [4.78, 5) is 12.2. The van der Waals surface area contributed by atoms with Crippen LogP contribution in [-0.2, 0) is 19.1 Å². The van der Waals surface area contributed by atoms with E-state index in [9.17, 15) is 39.9 Å². The molecule has 1 aromatic heterocycles. The standard InChI is InChI=1S/C16H10F8N4O/c1-7-5-8(3-4-9(7)6-25)13(29)26-12-10(15(19,20)21)11(27-28(12)2)14(17,18)16(22,23)24/h3-5H,1-2H3,(H,26,29). The third-order valence-electron chi connectivity index (χ3n) is 3.83. The Morgan fingerprint density at radius 2 is 1.72 bits per heavy atom. The van der Waals surface area contributed by atoms with Gasteiger partial charge in [0, 0.05) is 12.6 Å². The Hall–Kier alpha value is -3.17. The molecule has 0 aliphatic rings. The van der Waals surface area contributed by atoms with Crippen molar-refractivity contribution >= 4 is 11.7 Å². The number of hydrogen-bond acceptors (Lipinski definition) is 3. The van der Waals surface area contributed by atoms with Crippen LogP contribution in [0.3, 0.4) is 0 Å². The minimum absolute atomic E-state index is 0.0756. The first-order chi connectivity index (χ1) is 13.1. The van der Waals surface area contributed by atoms with Gasteiger partial charge in [-0.3, -0.25) is 9.48 Å². The number of carbonyl (C=O) groups excluding carboxylic acids is 1. The number of aryl methyl sites for hydroxylation is 2. The van der Waals surface area contributed by atoms with E-state index in [4.69, 9.17) is 5.26 Å². The Kier molecular flexibility index (Phi) is 5.35. The molecule has 0 spiro atoms. The van der Waals surface area contributed by atoms with Gasteiger partial charge >= 0.3 is 18.3 Å². The van der Waals surface area contributed by atoms with Gasteiger partial charge in [0.2, 0.25) is 0 Å². The van der Waals surface area contributed by atoms with Crippen LogP contribution in [0.2, 0.25) is 0 Å². The lowest BCUT2D eigenvalue weighted by molar-refractivity contribution is -0.292. The average Bonchev–Trinajstić information content (AvgIpc) is 2.91. The second-order valence-corrected chi connectivity index (χ2v) is 5.86. The number of hydrogen-bond donors (Lipinski definition) is 1. The van der Waals surface area contributed by atoms with E-state index >= 15 is 0 Å². The number of nitrogens with zero attached hydrogens (tertiary/aromatic N) is 3. The minimum atomic E-state index is -6.34. The molecular weight excluding hydrogens is 416 g/mol. The quantitative estimate of drug-likeness (QED) is 0.734. The van der Waals surface area contributed by atoms with Crippen molar-refractivity contribution in [3.05, 3.63) is 46.1 Å². The van der Waals surface area contributed by atoms with Gasteiger partial charge in [0.05, 0.1) is 11.6 Å². The van der Waals surface area contributed by atoms with Gasteiger partial charge in [-0.15, -0.1) is 0 Å². The van der Waals surface area contributed by atoms with Crippen LogP contribution in [0.15, 0.2) is 18.2 Å². The molecule has 2 rings (SSSR count). The highest BCUT2D eigenvalue weighted by atomic mass is 19.4.